The predicted octanol–water partition coefficient (Wildman–Crippen LogP) is 5.40. The van der Waals surface area contributed by atoms with Gasteiger partial charge in [-0.05, 0) is 52.8 Å². The van der Waals surface area contributed by atoms with Gasteiger partial charge in [0.2, 0.25) is 0 Å². The number of carbonyl (C=O) groups is 1. The number of carbonyl (C=O) groups excluding carboxylic acids is 1. The van der Waals surface area contributed by atoms with E-state index in [1.165, 1.54) is 12.1 Å². The third-order valence-corrected chi connectivity index (χ3v) is 6.20. The molecule has 4 rings (SSSR count). The van der Waals surface area contributed by atoms with E-state index in [-0.39, 0.29) is 36.0 Å². The number of halogens is 1. The molecule has 0 unspecified atom stereocenters. The fourth-order valence-corrected chi connectivity index (χ4v) is 4.54. The molecule has 0 saturated heterocycles. The molecule has 33 heavy (non-hydrogen) atoms. The van der Waals surface area contributed by atoms with E-state index < -0.39 is 0 Å². The van der Waals surface area contributed by atoms with Gasteiger partial charge in [-0.1, -0.05) is 51.1 Å². The average Bonchev–Trinajstić information content (AvgIpc) is 3.21. The molecule has 170 valence electrons. The number of aliphatic hydroxyl groups excluding tert-OH is 1. The summed E-state index contributed by atoms with van der Waals surface area (Å²) in [5, 5.41) is 10.0. The second-order valence-electron chi connectivity index (χ2n) is 9.67. The van der Waals surface area contributed by atoms with Gasteiger partial charge in [-0.25, -0.2) is 4.39 Å². The van der Waals surface area contributed by atoms with Gasteiger partial charge in [-0.3, -0.25) is 14.8 Å². The number of nitrogens with zero attached hydrogens (tertiary/aromatic N) is 2. The van der Waals surface area contributed by atoms with Crippen molar-refractivity contribution in [3.63, 3.8) is 0 Å². The molecular formula is C28H29FN2O2. The molecule has 0 spiro atoms. The van der Waals surface area contributed by atoms with Gasteiger partial charge < -0.3 is 5.11 Å². The van der Waals surface area contributed by atoms with Crippen LogP contribution in [0.1, 0.15) is 66.8 Å². The Morgan fingerprint density at radius 2 is 1.79 bits per heavy atom. The maximum Gasteiger partial charge on any atom is 0.139 e. The van der Waals surface area contributed by atoms with Crippen molar-refractivity contribution in [2.45, 2.75) is 52.7 Å². The van der Waals surface area contributed by atoms with Crippen molar-refractivity contribution >= 4 is 11.5 Å². The number of fused-ring (bicyclic) bond motifs is 1. The molecule has 0 bridgehead atoms. The topological polar surface area (TPSA) is 62.5 Å². The van der Waals surface area contributed by atoms with E-state index in [9.17, 15) is 14.3 Å². The van der Waals surface area contributed by atoms with Crippen LogP contribution in [0, 0.1) is 11.2 Å². The van der Waals surface area contributed by atoms with Crippen LogP contribution in [0.25, 0.3) is 0 Å². The smallest absolute Gasteiger partial charge is 0.139 e. The molecule has 0 radical (unpaired) electrons. The second kappa shape index (κ2) is 9.36. The van der Waals surface area contributed by atoms with Crippen LogP contribution in [-0.4, -0.2) is 21.6 Å². The second-order valence-corrected chi connectivity index (χ2v) is 9.67. The molecule has 2 aromatic carbocycles. The highest BCUT2D eigenvalue weighted by molar-refractivity contribution is 6.15. The number of rotatable bonds is 7. The van der Waals surface area contributed by atoms with Crippen LogP contribution in [0.5, 0.6) is 0 Å². The summed E-state index contributed by atoms with van der Waals surface area (Å²) in [5.74, 6) is -0.0878. The van der Waals surface area contributed by atoms with E-state index in [2.05, 4.69) is 42.9 Å². The highest BCUT2D eigenvalue weighted by Gasteiger charge is 2.29. The number of hydrogen-bond acceptors (Lipinski definition) is 4. The van der Waals surface area contributed by atoms with Crippen LogP contribution in [-0.2, 0) is 24.4 Å². The lowest BCUT2D eigenvalue weighted by molar-refractivity contribution is -0.119. The number of aliphatic hydroxyl groups is 1. The Balaban J connectivity index is 1.56. The Hall–Kier alpha value is -3.18. The van der Waals surface area contributed by atoms with E-state index >= 15 is 0 Å². The van der Waals surface area contributed by atoms with E-state index in [1.807, 2.05) is 24.3 Å². The van der Waals surface area contributed by atoms with E-state index in [0.717, 1.165) is 22.3 Å². The minimum Gasteiger partial charge on any atom is -0.390 e. The van der Waals surface area contributed by atoms with Crippen molar-refractivity contribution in [1.82, 2.24) is 4.98 Å². The molecule has 0 amide bonds. The summed E-state index contributed by atoms with van der Waals surface area (Å²) in [6, 6.07) is 18.2. The Morgan fingerprint density at radius 3 is 2.42 bits per heavy atom. The largest absolute Gasteiger partial charge is 0.390 e. The molecule has 0 fully saturated rings. The number of aromatic nitrogens is 1. The summed E-state index contributed by atoms with van der Waals surface area (Å²) >= 11 is 0. The van der Waals surface area contributed by atoms with Crippen LogP contribution in [0.15, 0.2) is 65.7 Å². The van der Waals surface area contributed by atoms with Crippen molar-refractivity contribution in [3.8, 4) is 0 Å². The lowest BCUT2D eigenvalue weighted by Crippen LogP contribution is -2.22. The highest BCUT2D eigenvalue weighted by atomic mass is 19.1. The molecule has 5 heteroatoms. The first-order chi connectivity index (χ1) is 15.8. The van der Waals surface area contributed by atoms with Gasteiger partial charge in [-0.2, -0.15) is 0 Å². The molecule has 1 atom stereocenters. The van der Waals surface area contributed by atoms with E-state index in [4.69, 9.17) is 0 Å². The Bertz CT molecular complexity index is 1180. The van der Waals surface area contributed by atoms with Crippen LogP contribution >= 0.6 is 0 Å². The minimum absolute atomic E-state index is 0.0590. The number of Topliss-reactive ketones (excluding diaryl/α,β-unsaturated/α-hetero) is 1. The summed E-state index contributed by atoms with van der Waals surface area (Å²) in [4.78, 5) is 22.3. The fourth-order valence-electron chi connectivity index (χ4n) is 4.54. The van der Waals surface area contributed by atoms with Crippen LogP contribution in [0.3, 0.4) is 0 Å². The Labute approximate surface area is 194 Å². The Morgan fingerprint density at radius 1 is 1.09 bits per heavy atom. The highest BCUT2D eigenvalue weighted by Crippen LogP contribution is 2.38. The average molecular weight is 445 g/mol. The first-order valence-electron chi connectivity index (χ1n) is 11.3. The van der Waals surface area contributed by atoms with Gasteiger partial charge in [0.15, 0.2) is 0 Å². The van der Waals surface area contributed by atoms with Crippen LogP contribution < -0.4 is 0 Å². The van der Waals surface area contributed by atoms with Crippen LogP contribution in [0.2, 0.25) is 0 Å². The zero-order valence-corrected chi connectivity index (χ0v) is 19.3. The van der Waals surface area contributed by atoms with Gasteiger partial charge in [0.1, 0.15) is 11.6 Å². The maximum absolute atomic E-state index is 13.3. The van der Waals surface area contributed by atoms with Crippen molar-refractivity contribution < 1.29 is 14.3 Å². The standard InChI is InChI=1S/C28H29FN2O2/c1-28(2,3)24(18-7-5-4-6-8-18)15-23(33)14-22-13-20-16-30-27(26(20)25(17-32)31-22)19-9-11-21(29)12-10-19/h4-13,24,32H,14-17H2,1-3H3/t24-/m0/s1. The molecule has 3 aromatic rings. The molecule has 1 aliphatic rings. The summed E-state index contributed by atoms with van der Waals surface area (Å²) < 4.78 is 13.3. The molecule has 1 aliphatic heterocycles. The summed E-state index contributed by atoms with van der Waals surface area (Å²) in [6.45, 7) is 6.67. The fraction of sp³-hybridized carbons (Fsp3) is 0.321. The van der Waals surface area contributed by atoms with E-state index in [1.54, 1.807) is 12.1 Å². The molecular weight excluding hydrogens is 415 g/mol. The summed E-state index contributed by atoms with van der Waals surface area (Å²) in [5.41, 5.74) is 5.47. The normalized spacial score (nSPS) is 14.0. The quantitative estimate of drug-likeness (QED) is 0.531. The third kappa shape index (κ3) is 5.09. The number of aliphatic imine (C=N–C) groups is 1. The Kier molecular flexibility index (Phi) is 6.52. The number of ketones is 1. The molecule has 0 aliphatic carbocycles. The first-order valence-corrected chi connectivity index (χ1v) is 11.3. The maximum atomic E-state index is 13.3. The van der Waals surface area contributed by atoms with E-state index in [0.29, 0.717) is 30.1 Å². The summed E-state index contributed by atoms with van der Waals surface area (Å²) in [6.07, 6.45) is 0.643. The molecule has 2 heterocycles. The van der Waals surface area contributed by atoms with Crippen molar-refractivity contribution in [1.29, 1.82) is 0 Å². The number of benzene rings is 2. The van der Waals surface area contributed by atoms with Gasteiger partial charge >= 0.3 is 0 Å². The molecule has 0 saturated carbocycles. The van der Waals surface area contributed by atoms with Crippen molar-refractivity contribution in [3.05, 3.63) is 100 Å². The summed E-state index contributed by atoms with van der Waals surface area (Å²) in [7, 11) is 0. The van der Waals surface area contributed by atoms with Gasteiger partial charge in [0.25, 0.3) is 0 Å². The van der Waals surface area contributed by atoms with Gasteiger partial charge in [0.05, 0.1) is 24.6 Å². The number of hydrogen-bond donors (Lipinski definition) is 1. The van der Waals surface area contributed by atoms with Gasteiger partial charge in [-0.15, -0.1) is 0 Å². The van der Waals surface area contributed by atoms with Crippen molar-refractivity contribution in [2.75, 3.05) is 0 Å². The zero-order valence-electron chi connectivity index (χ0n) is 19.3. The zero-order chi connectivity index (χ0) is 23.6. The van der Waals surface area contributed by atoms with Crippen molar-refractivity contribution in [2.24, 2.45) is 10.4 Å². The number of pyridine rings is 1. The lowest BCUT2D eigenvalue weighted by atomic mass is 9.73. The monoisotopic (exact) mass is 444 g/mol. The molecule has 1 N–H and O–H groups in total. The lowest BCUT2D eigenvalue weighted by Gasteiger charge is -2.31. The predicted molar refractivity (Wildman–Crippen MR) is 128 cm³/mol. The SMILES string of the molecule is CC(C)(C)[C@@H](CC(=O)Cc1cc2c(c(CO)n1)C(c1ccc(F)cc1)=NC2)c1ccccc1. The van der Waals surface area contributed by atoms with Crippen LogP contribution in [0.4, 0.5) is 4.39 Å². The first kappa shape index (κ1) is 23.0. The molecule has 1 aromatic heterocycles. The van der Waals surface area contributed by atoms with Gasteiger partial charge in [0, 0.05) is 29.7 Å². The third-order valence-electron chi connectivity index (χ3n) is 6.20. The minimum atomic E-state index is -0.309. The molecule has 4 nitrogen and oxygen atoms in total.